The summed E-state index contributed by atoms with van der Waals surface area (Å²) in [6, 6.07) is 18.4. The zero-order valence-electron chi connectivity index (χ0n) is 16.0. The Kier molecular flexibility index (Phi) is 5.02. The molecule has 3 amide bonds. The Bertz CT molecular complexity index is 1130. The van der Waals surface area contributed by atoms with Crippen molar-refractivity contribution in [1.82, 2.24) is 4.90 Å². The minimum absolute atomic E-state index is 0.211. The molecule has 0 unspecified atom stereocenters. The van der Waals surface area contributed by atoms with Crippen molar-refractivity contribution in [3.8, 4) is 5.75 Å². The number of fused-ring (bicyclic) bond motifs is 1. The van der Waals surface area contributed by atoms with E-state index in [4.69, 9.17) is 4.74 Å². The van der Waals surface area contributed by atoms with Crippen LogP contribution in [0.2, 0.25) is 0 Å². The van der Waals surface area contributed by atoms with E-state index in [1.54, 1.807) is 48.5 Å². The number of rotatable bonds is 5. The number of nitrogens with zero attached hydrogens (tertiary/aromatic N) is 2. The number of benzene rings is 3. The summed E-state index contributed by atoms with van der Waals surface area (Å²) in [6.45, 7) is -0.368. The number of ether oxygens (including phenoxy) is 1. The van der Waals surface area contributed by atoms with Crippen molar-refractivity contribution in [3.63, 3.8) is 0 Å². The Balaban J connectivity index is 1.75. The van der Waals surface area contributed by atoms with E-state index < -0.39 is 23.5 Å². The lowest BCUT2D eigenvalue weighted by molar-refractivity contribution is 0.0650. The fraction of sp³-hybridized carbons (Fsp3) is 0.0870. The van der Waals surface area contributed by atoms with Crippen molar-refractivity contribution in [2.24, 2.45) is 0 Å². The fourth-order valence-corrected chi connectivity index (χ4v) is 3.38. The van der Waals surface area contributed by atoms with E-state index in [0.717, 1.165) is 4.90 Å². The van der Waals surface area contributed by atoms with Crippen LogP contribution in [0.15, 0.2) is 72.8 Å². The molecule has 0 atom stereocenters. The maximum absolute atomic E-state index is 13.9. The molecule has 30 heavy (non-hydrogen) atoms. The van der Waals surface area contributed by atoms with Crippen molar-refractivity contribution in [3.05, 3.63) is 95.3 Å². The fourth-order valence-electron chi connectivity index (χ4n) is 3.38. The molecule has 0 aromatic heterocycles. The number of methoxy groups -OCH3 is 1. The monoisotopic (exact) mass is 404 g/mol. The summed E-state index contributed by atoms with van der Waals surface area (Å²) < 4.78 is 19.2. The van der Waals surface area contributed by atoms with Crippen LogP contribution in [-0.2, 0) is 0 Å². The van der Waals surface area contributed by atoms with E-state index in [0.29, 0.717) is 5.75 Å². The number of carbonyl (C=O) groups excluding carboxylic acids is 3. The first-order valence-corrected chi connectivity index (χ1v) is 9.17. The van der Waals surface area contributed by atoms with Crippen molar-refractivity contribution in [2.75, 3.05) is 18.7 Å². The standard InChI is InChI=1S/C23H17FN2O4/c1-30-20-12-5-4-11-19(20)23(29)25(16-8-6-7-15(24)13-16)14-26-21(27)17-9-2-3-10-18(17)22(26)28/h2-13H,14H2,1H3. The van der Waals surface area contributed by atoms with Crippen LogP contribution >= 0.6 is 0 Å². The predicted octanol–water partition coefficient (Wildman–Crippen LogP) is 3.73. The summed E-state index contributed by atoms with van der Waals surface area (Å²) in [6.07, 6.45) is 0. The molecule has 4 rings (SSSR count). The third-order valence-corrected chi connectivity index (χ3v) is 4.86. The Morgan fingerprint density at radius 2 is 1.57 bits per heavy atom. The number of imide groups is 1. The minimum atomic E-state index is -0.548. The largest absolute Gasteiger partial charge is 0.496 e. The third kappa shape index (κ3) is 3.30. The summed E-state index contributed by atoms with van der Waals surface area (Å²) in [5.74, 6) is -1.77. The molecule has 7 heteroatoms. The maximum atomic E-state index is 13.9. The number of carbonyl (C=O) groups is 3. The molecule has 0 bridgehead atoms. The number of halogens is 1. The lowest BCUT2D eigenvalue weighted by Crippen LogP contribution is -2.44. The molecule has 3 aromatic rings. The topological polar surface area (TPSA) is 66.9 Å². The van der Waals surface area contributed by atoms with E-state index in [-0.39, 0.29) is 29.0 Å². The van der Waals surface area contributed by atoms with Crippen molar-refractivity contribution in [1.29, 1.82) is 0 Å². The lowest BCUT2D eigenvalue weighted by Gasteiger charge is -2.27. The van der Waals surface area contributed by atoms with E-state index in [9.17, 15) is 18.8 Å². The van der Waals surface area contributed by atoms with Gasteiger partial charge in [-0.05, 0) is 42.5 Å². The zero-order valence-corrected chi connectivity index (χ0v) is 16.0. The number of hydrogen-bond donors (Lipinski definition) is 0. The van der Waals surface area contributed by atoms with Gasteiger partial charge in [0.25, 0.3) is 17.7 Å². The zero-order chi connectivity index (χ0) is 21.3. The van der Waals surface area contributed by atoms with Crippen molar-refractivity contribution >= 4 is 23.4 Å². The summed E-state index contributed by atoms with van der Waals surface area (Å²) in [5.41, 5.74) is 0.973. The van der Waals surface area contributed by atoms with Gasteiger partial charge in [-0.25, -0.2) is 4.39 Å². The molecular weight excluding hydrogens is 387 g/mol. The number of para-hydroxylation sites is 1. The molecule has 0 saturated heterocycles. The van der Waals surface area contributed by atoms with Gasteiger partial charge in [0.15, 0.2) is 0 Å². The number of anilines is 1. The first-order valence-electron chi connectivity index (χ1n) is 9.17. The number of hydrogen-bond acceptors (Lipinski definition) is 4. The first-order chi connectivity index (χ1) is 14.5. The highest BCUT2D eigenvalue weighted by molar-refractivity contribution is 6.22. The van der Waals surface area contributed by atoms with Crippen LogP contribution in [0.1, 0.15) is 31.1 Å². The van der Waals surface area contributed by atoms with Gasteiger partial charge < -0.3 is 4.74 Å². The van der Waals surface area contributed by atoms with E-state index in [2.05, 4.69) is 0 Å². The second kappa shape index (κ2) is 7.79. The van der Waals surface area contributed by atoms with Gasteiger partial charge >= 0.3 is 0 Å². The van der Waals surface area contributed by atoms with E-state index in [1.165, 1.54) is 36.3 Å². The van der Waals surface area contributed by atoms with Gasteiger partial charge in [-0.3, -0.25) is 24.2 Å². The molecule has 0 spiro atoms. The quantitative estimate of drug-likeness (QED) is 0.608. The number of amides is 3. The predicted molar refractivity (Wildman–Crippen MR) is 108 cm³/mol. The molecule has 150 valence electrons. The molecule has 0 radical (unpaired) electrons. The van der Waals surface area contributed by atoms with Crippen LogP contribution in [0.5, 0.6) is 5.75 Å². The highest BCUT2D eigenvalue weighted by Crippen LogP contribution is 2.27. The van der Waals surface area contributed by atoms with Crippen LogP contribution in [0, 0.1) is 5.82 Å². The first kappa shape index (κ1) is 19.3. The minimum Gasteiger partial charge on any atom is -0.496 e. The highest BCUT2D eigenvalue weighted by Gasteiger charge is 2.37. The van der Waals surface area contributed by atoms with Gasteiger partial charge in [0.1, 0.15) is 18.2 Å². The molecule has 0 N–H and O–H groups in total. The molecule has 1 aliphatic heterocycles. The molecule has 1 heterocycles. The Hall–Kier alpha value is -4.00. The Morgan fingerprint density at radius 1 is 0.933 bits per heavy atom. The van der Waals surface area contributed by atoms with Crippen molar-refractivity contribution < 1.29 is 23.5 Å². The van der Waals surface area contributed by atoms with Crippen molar-refractivity contribution in [2.45, 2.75) is 0 Å². The van der Waals surface area contributed by atoms with E-state index >= 15 is 0 Å². The van der Waals surface area contributed by atoms with Gasteiger partial charge in [0.05, 0.1) is 23.8 Å². The van der Waals surface area contributed by atoms with Gasteiger partial charge in [-0.1, -0.05) is 30.3 Å². The summed E-state index contributed by atoms with van der Waals surface area (Å²) in [7, 11) is 1.43. The SMILES string of the molecule is COc1ccccc1C(=O)N(CN1C(=O)c2ccccc2C1=O)c1cccc(F)c1. The molecule has 1 aliphatic rings. The van der Waals surface area contributed by atoms with Gasteiger partial charge in [0, 0.05) is 5.69 Å². The Morgan fingerprint density at radius 3 is 2.20 bits per heavy atom. The van der Waals surface area contributed by atoms with Gasteiger partial charge in [-0.15, -0.1) is 0 Å². The van der Waals surface area contributed by atoms with Crippen LogP contribution in [0.25, 0.3) is 0 Å². The molecule has 0 saturated carbocycles. The summed E-state index contributed by atoms with van der Waals surface area (Å²) >= 11 is 0. The second-order valence-corrected chi connectivity index (χ2v) is 6.64. The smallest absolute Gasteiger partial charge is 0.263 e. The normalized spacial score (nSPS) is 12.7. The summed E-state index contributed by atoms with van der Waals surface area (Å²) in [5, 5.41) is 0. The van der Waals surface area contributed by atoms with Crippen LogP contribution in [-0.4, -0.2) is 36.4 Å². The third-order valence-electron chi connectivity index (χ3n) is 4.86. The lowest BCUT2D eigenvalue weighted by atomic mass is 10.1. The van der Waals surface area contributed by atoms with Gasteiger partial charge in [-0.2, -0.15) is 0 Å². The van der Waals surface area contributed by atoms with Crippen LogP contribution in [0.4, 0.5) is 10.1 Å². The average Bonchev–Trinajstić information content (AvgIpc) is 3.01. The summed E-state index contributed by atoms with van der Waals surface area (Å²) in [4.78, 5) is 41.1. The maximum Gasteiger partial charge on any atom is 0.263 e. The Labute approximate surface area is 172 Å². The van der Waals surface area contributed by atoms with E-state index in [1.807, 2.05) is 0 Å². The van der Waals surface area contributed by atoms with Gasteiger partial charge in [0.2, 0.25) is 0 Å². The van der Waals surface area contributed by atoms with Crippen LogP contribution < -0.4 is 9.64 Å². The van der Waals surface area contributed by atoms with Crippen LogP contribution in [0.3, 0.4) is 0 Å². The molecule has 3 aromatic carbocycles. The molecule has 0 aliphatic carbocycles. The molecule has 0 fully saturated rings. The second-order valence-electron chi connectivity index (χ2n) is 6.64. The highest BCUT2D eigenvalue weighted by atomic mass is 19.1. The molecule has 6 nitrogen and oxygen atoms in total. The molecular formula is C23H17FN2O4. The average molecular weight is 404 g/mol.